The number of aryl methyl sites for hydroxylation is 1. The van der Waals surface area contributed by atoms with Crippen molar-refractivity contribution in [1.82, 2.24) is 9.55 Å². The van der Waals surface area contributed by atoms with Gasteiger partial charge in [-0.2, -0.15) is 0 Å². The summed E-state index contributed by atoms with van der Waals surface area (Å²) in [7, 11) is -3.40. The van der Waals surface area contributed by atoms with Gasteiger partial charge < -0.3 is 0 Å². The van der Waals surface area contributed by atoms with Crippen LogP contribution in [0.15, 0.2) is 82.7 Å². The van der Waals surface area contributed by atoms with Crippen LogP contribution in [0.2, 0.25) is 0 Å². The molecular formula is C25H23N3O4S2. The Kier molecular flexibility index (Phi) is 6.58. The SMILES string of the molecule is Cc1ccc(-n2c(SC(C)C(=O)c3ccc(NS(C)(=O)=O)cc3)nc3ccccc3c2=O)cc1. The van der Waals surface area contributed by atoms with Crippen molar-refractivity contribution in [3.63, 3.8) is 0 Å². The number of para-hydroxylation sites is 1. The van der Waals surface area contributed by atoms with E-state index in [1.807, 2.05) is 37.3 Å². The molecule has 0 bridgehead atoms. The molecule has 34 heavy (non-hydrogen) atoms. The Labute approximate surface area is 201 Å². The summed E-state index contributed by atoms with van der Waals surface area (Å²) in [5, 5.41) is 0.377. The molecule has 0 fully saturated rings. The number of hydrogen-bond acceptors (Lipinski definition) is 6. The fourth-order valence-corrected chi connectivity index (χ4v) is 5.04. The fourth-order valence-electron chi connectivity index (χ4n) is 3.48. The zero-order valence-electron chi connectivity index (χ0n) is 18.8. The lowest BCUT2D eigenvalue weighted by atomic mass is 10.1. The molecule has 0 aliphatic carbocycles. The van der Waals surface area contributed by atoms with Crippen LogP contribution in [0.3, 0.4) is 0 Å². The molecule has 0 aliphatic heterocycles. The van der Waals surface area contributed by atoms with Crippen LogP contribution in [-0.2, 0) is 10.0 Å². The lowest BCUT2D eigenvalue weighted by Gasteiger charge is -2.16. The first-order chi connectivity index (χ1) is 16.1. The maximum atomic E-state index is 13.4. The van der Waals surface area contributed by atoms with E-state index in [1.165, 1.54) is 16.3 Å². The molecule has 0 radical (unpaired) electrons. The molecule has 1 atom stereocenters. The third kappa shape index (κ3) is 5.21. The molecule has 4 rings (SSSR count). The molecule has 0 saturated heterocycles. The first kappa shape index (κ1) is 23.7. The Morgan fingerprint density at radius 2 is 1.65 bits per heavy atom. The van der Waals surface area contributed by atoms with E-state index in [0.29, 0.717) is 33.0 Å². The number of carbonyl (C=O) groups is 1. The number of rotatable bonds is 7. The highest BCUT2D eigenvalue weighted by Gasteiger charge is 2.21. The summed E-state index contributed by atoms with van der Waals surface area (Å²) in [6.45, 7) is 3.73. The largest absolute Gasteiger partial charge is 0.293 e. The molecule has 4 aromatic rings. The molecule has 0 spiro atoms. The van der Waals surface area contributed by atoms with E-state index in [0.717, 1.165) is 11.8 Å². The zero-order chi connectivity index (χ0) is 24.5. The van der Waals surface area contributed by atoms with Crippen LogP contribution in [0.5, 0.6) is 0 Å². The maximum Gasteiger partial charge on any atom is 0.266 e. The van der Waals surface area contributed by atoms with Gasteiger partial charge in [0.2, 0.25) is 10.0 Å². The monoisotopic (exact) mass is 493 g/mol. The zero-order valence-corrected chi connectivity index (χ0v) is 20.5. The number of benzene rings is 3. The summed E-state index contributed by atoms with van der Waals surface area (Å²) in [5.74, 6) is -0.159. The highest BCUT2D eigenvalue weighted by atomic mass is 32.2. The fraction of sp³-hybridized carbons (Fsp3) is 0.160. The van der Waals surface area contributed by atoms with E-state index in [2.05, 4.69) is 4.72 Å². The van der Waals surface area contributed by atoms with E-state index in [4.69, 9.17) is 4.98 Å². The summed E-state index contributed by atoms with van der Waals surface area (Å²) < 4.78 is 26.7. The number of sulfonamides is 1. The average molecular weight is 494 g/mol. The smallest absolute Gasteiger partial charge is 0.266 e. The molecule has 1 heterocycles. The quantitative estimate of drug-likeness (QED) is 0.232. The standard InChI is InChI=1S/C25H23N3O4S2/c1-16-8-14-20(15-9-16)28-24(30)21-6-4-5-7-22(21)26-25(28)33-17(2)23(29)18-10-12-19(13-11-18)27-34(3,31)32/h4-15,17,27H,1-3H3. The summed E-state index contributed by atoms with van der Waals surface area (Å²) in [4.78, 5) is 31.2. The number of aromatic nitrogens is 2. The van der Waals surface area contributed by atoms with Gasteiger partial charge in [-0.05, 0) is 62.4 Å². The maximum absolute atomic E-state index is 13.4. The molecule has 7 nitrogen and oxygen atoms in total. The van der Waals surface area contributed by atoms with Crippen molar-refractivity contribution in [1.29, 1.82) is 0 Å². The van der Waals surface area contributed by atoms with Crippen molar-refractivity contribution in [2.75, 3.05) is 11.0 Å². The molecule has 1 aromatic heterocycles. The number of fused-ring (bicyclic) bond motifs is 1. The molecule has 0 aliphatic rings. The predicted molar refractivity (Wildman–Crippen MR) is 137 cm³/mol. The molecular weight excluding hydrogens is 470 g/mol. The molecule has 0 amide bonds. The summed E-state index contributed by atoms with van der Waals surface area (Å²) in [6, 6.07) is 20.9. The van der Waals surface area contributed by atoms with E-state index < -0.39 is 15.3 Å². The topological polar surface area (TPSA) is 98.1 Å². The van der Waals surface area contributed by atoms with Crippen molar-refractivity contribution in [2.45, 2.75) is 24.3 Å². The Hall–Kier alpha value is -3.43. The van der Waals surface area contributed by atoms with Crippen LogP contribution in [0.25, 0.3) is 16.6 Å². The van der Waals surface area contributed by atoms with Gasteiger partial charge >= 0.3 is 0 Å². The van der Waals surface area contributed by atoms with Crippen LogP contribution in [-0.4, -0.2) is 35.3 Å². The highest BCUT2D eigenvalue weighted by Crippen LogP contribution is 2.27. The molecule has 9 heteroatoms. The second-order valence-corrected chi connectivity index (χ2v) is 11.0. The van der Waals surface area contributed by atoms with Crippen molar-refractivity contribution < 1.29 is 13.2 Å². The Morgan fingerprint density at radius 1 is 1.00 bits per heavy atom. The van der Waals surface area contributed by atoms with Crippen molar-refractivity contribution >= 4 is 44.2 Å². The minimum absolute atomic E-state index is 0.159. The van der Waals surface area contributed by atoms with Gasteiger partial charge in [-0.3, -0.25) is 18.9 Å². The first-order valence-electron chi connectivity index (χ1n) is 10.5. The third-order valence-corrected chi connectivity index (χ3v) is 6.82. The van der Waals surface area contributed by atoms with E-state index in [1.54, 1.807) is 49.4 Å². The summed E-state index contributed by atoms with van der Waals surface area (Å²) >= 11 is 1.21. The second kappa shape index (κ2) is 9.44. The van der Waals surface area contributed by atoms with E-state index in [-0.39, 0.29) is 11.3 Å². The van der Waals surface area contributed by atoms with Gasteiger partial charge in [0.05, 0.1) is 28.1 Å². The van der Waals surface area contributed by atoms with Gasteiger partial charge in [-0.1, -0.05) is 41.6 Å². The Morgan fingerprint density at radius 3 is 2.29 bits per heavy atom. The number of anilines is 1. The molecule has 1 N–H and O–H groups in total. The van der Waals surface area contributed by atoms with Gasteiger partial charge in [0.15, 0.2) is 10.9 Å². The molecule has 174 valence electrons. The number of Topliss-reactive ketones (excluding diaryl/α,β-unsaturated/α-hetero) is 1. The van der Waals surface area contributed by atoms with Gasteiger partial charge in [0.1, 0.15) is 0 Å². The van der Waals surface area contributed by atoms with Crippen LogP contribution < -0.4 is 10.3 Å². The number of carbonyl (C=O) groups excluding carboxylic acids is 1. The highest BCUT2D eigenvalue weighted by molar-refractivity contribution is 8.00. The van der Waals surface area contributed by atoms with Crippen LogP contribution >= 0.6 is 11.8 Å². The number of thioether (sulfide) groups is 1. The van der Waals surface area contributed by atoms with Crippen molar-refractivity contribution in [3.8, 4) is 5.69 Å². The van der Waals surface area contributed by atoms with E-state index >= 15 is 0 Å². The summed E-state index contributed by atoms with van der Waals surface area (Å²) in [6.07, 6.45) is 1.06. The minimum atomic E-state index is -3.40. The average Bonchev–Trinajstić information content (AvgIpc) is 2.79. The first-order valence-corrected chi connectivity index (χ1v) is 13.3. The normalized spacial score (nSPS) is 12.4. The minimum Gasteiger partial charge on any atom is -0.293 e. The van der Waals surface area contributed by atoms with E-state index in [9.17, 15) is 18.0 Å². The number of hydrogen-bond donors (Lipinski definition) is 1. The molecule has 1 unspecified atom stereocenters. The number of nitrogens with one attached hydrogen (secondary N) is 1. The molecule has 3 aromatic carbocycles. The molecule has 0 saturated carbocycles. The van der Waals surface area contributed by atoms with Crippen LogP contribution in [0.4, 0.5) is 5.69 Å². The lowest BCUT2D eigenvalue weighted by molar-refractivity contribution is 0.0994. The number of ketones is 1. The van der Waals surface area contributed by atoms with Crippen LogP contribution in [0, 0.1) is 6.92 Å². The van der Waals surface area contributed by atoms with Crippen LogP contribution in [0.1, 0.15) is 22.8 Å². The third-order valence-electron chi connectivity index (χ3n) is 5.16. The van der Waals surface area contributed by atoms with Gasteiger partial charge in [0.25, 0.3) is 5.56 Å². The lowest BCUT2D eigenvalue weighted by Crippen LogP contribution is -2.23. The predicted octanol–water partition coefficient (Wildman–Crippen LogP) is 4.43. The van der Waals surface area contributed by atoms with Crippen molar-refractivity contribution in [2.24, 2.45) is 0 Å². The van der Waals surface area contributed by atoms with Crippen molar-refractivity contribution in [3.05, 3.63) is 94.3 Å². The summed E-state index contributed by atoms with van der Waals surface area (Å²) in [5.41, 5.74) is 2.92. The van der Waals surface area contributed by atoms with Gasteiger partial charge in [0, 0.05) is 11.3 Å². The second-order valence-electron chi connectivity index (χ2n) is 7.96. The Bertz CT molecular complexity index is 1530. The Balaban J connectivity index is 1.69. The van der Waals surface area contributed by atoms with Gasteiger partial charge in [-0.25, -0.2) is 13.4 Å². The number of nitrogens with zero attached hydrogens (tertiary/aromatic N) is 2. The van der Waals surface area contributed by atoms with Gasteiger partial charge in [-0.15, -0.1) is 0 Å².